The lowest BCUT2D eigenvalue weighted by Crippen LogP contribution is -2.33. The van der Waals surface area contributed by atoms with Crippen molar-refractivity contribution in [1.29, 1.82) is 0 Å². The Labute approximate surface area is 87.3 Å². The average Bonchev–Trinajstić information content (AvgIpc) is 2.77. The molecule has 1 fully saturated rings. The first-order valence-electron chi connectivity index (χ1n) is 4.76. The first-order valence-corrected chi connectivity index (χ1v) is 5.58. The Kier molecular flexibility index (Phi) is 2.20. The zero-order valence-electron chi connectivity index (χ0n) is 8.46. The van der Waals surface area contributed by atoms with E-state index in [1.807, 2.05) is 13.8 Å². The highest BCUT2D eigenvalue weighted by molar-refractivity contribution is 7.11. The van der Waals surface area contributed by atoms with Gasteiger partial charge in [0.15, 0.2) is 5.78 Å². The molecule has 0 bridgehead atoms. The zero-order valence-corrected chi connectivity index (χ0v) is 9.28. The monoisotopic (exact) mass is 210 g/mol. The van der Waals surface area contributed by atoms with Crippen LogP contribution in [0.5, 0.6) is 0 Å². The van der Waals surface area contributed by atoms with Crippen LogP contribution in [-0.2, 0) is 11.2 Å². The molecule has 1 saturated carbocycles. The van der Waals surface area contributed by atoms with Gasteiger partial charge in [-0.25, -0.2) is 4.98 Å². The summed E-state index contributed by atoms with van der Waals surface area (Å²) in [6.45, 7) is 3.99. The molecule has 1 aliphatic rings. The first-order chi connectivity index (χ1) is 6.51. The standard InChI is InChI=1S/C10H14N2OS/c1-6-7(2)14-9(12-6)5-8(13)10(11)3-4-10/h3-5,11H2,1-2H3. The number of carbonyl (C=O) groups excluding carboxylic acids is 1. The number of nitrogens with two attached hydrogens (primary N) is 1. The number of nitrogens with zero attached hydrogens (tertiary/aromatic N) is 1. The van der Waals surface area contributed by atoms with E-state index < -0.39 is 5.54 Å². The van der Waals surface area contributed by atoms with Crippen LogP contribution in [0.2, 0.25) is 0 Å². The minimum absolute atomic E-state index is 0.145. The second-order valence-corrected chi connectivity index (χ2v) is 5.29. The van der Waals surface area contributed by atoms with E-state index in [1.165, 1.54) is 4.88 Å². The van der Waals surface area contributed by atoms with Gasteiger partial charge in [-0.05, 0) is 26.7 Å². The summed E-state index contributed by atoms with van der Waals surface area (Å²) < 4.78 is 0. The molecule has 76 valence electrons. The van der Waals surface area contributed by atoms with Gasteiger partial charge in [-0.1, -0.05) is 0 Å². The number of aryl methyl sites for hydroxylation is 2. The van der Waals surface area contributed by atoms with Crippen molar-refractivity contribution in [3.8, 4) is 0 Å². The van der Waals surface area contributed by atoms with E-state index in [9.17, 15) is 4.79 Å². The van der Waals surface area contributed by atoms with Crippen LogP contribution in [0.3, 0.4) is 0 Å². The fraction of sp³-hybridized carbons (Fsp3) is 0.600. The Morgan fingerprint density at radius 3 is 2.64 bits per heavy atom. The molecule has 0 aromatic carbocycles. The highest BCUT2D eigenvalue weighted by Gasteiger charge is 2.45. The molecule has 0 aliphatic heterocycles. The maximum absolute atomic E-state index is 11.7. The van der Waals surface area contributed by atoms with Crippen LogP contribution >= 0.6 is 11.3 Å². The molecule has 0 saturated heterocycles. The van der Waals surface area contributed by atoms with Gasteiger partial charge in [-0.2, -0.15) is 0 Å². The molecule has 1 aromatic heterocycles. The summed E-state index contributed by atoms with van der Waals surface area (Å²) in [5.74, 6) is 0.145. The van der Waals surface area contributed by atoms with Gasteiger partial charge in [0.05, 0.1) is 17.7 Å². The summed E-state index contributed by atoms with van der Waals surface area (Å²) in [6.07, 6.45) is 2.10. The van der Waals surface area contributed by atoms with Gasteiger partial charge >= 0.3 is 0 Å². The quantitative estimate of drug-likeness (QED) is 0.819. The predicted octanol–water partition coefficient (Wildman–Crippen LogP) is 1.36. The third-order valence-electron chi connectivity index (χ3n) is 2.73. The van der Waals surface area contributed by atoms with Crippen LogP contribution in [0.4, 0.5) is 0 Å². The third kappa shape index (κ3) is 1.72. The normalized spacial score (nSPS) is 18.2. The van der Waals surface area contributed by atoms with Crippen molar-refractivity contribution in [1.82, 2.24) is 4.98 Å². The van der Waals surface area contributed by atoms with Gasteiger partial charge in [0, 0.05) is 4.88 Å². The average molecular weight is 210 g/mol. The fourth-order valence-electron chi connectivity index (χ4n) is 1.34. The lowest BCUT2D eigenvalue weighted by Gasteiger charge is -2.04. The molecule has 3 nitrogen and oxygen atoms in total. The number of hydrogen-bond acceptors (Lipinski definition) is 4. The van der Waals surface area contributed by atoms with E-state index in [0.717, 1.165) is 23.5 Å². The predicted molar refractivity (Wildman–Crippen MR) is 56.5 cm³/mol. The maximum atomic E-state index is 11.7. The molecule has 0 unspecified atom stereocenters. The van der Waals surface area contributed by atoms with E-state index in [-0.39, 0.29) is 5.78 Å². The Hall–Kier alpha value is -0.740. The van der Waals surface area contributed by atoms with Crippen LogP contribution in [0.15, 0.2) is 0 Å². The minimum atomic E-state index is -0.506. The van der Waals surface area contributed by atoms with Gasteiger partial charge in [-0.15, -0.1) is 11.3 Å². The molecule has 2 N–H and O–H groups in total. The Bertz CT molecular complexity index is 360. The van der Waals surface area contributed by atoms with Crippen LogP contribution in [0.1, 0.15) is 28.4 Å². The molecular formula is C10H14N2OS. The van der Waals surface area contributed by atoms with Crippen molar-refractivity contribution in [3.05, 3.63) is 15.6 Å². The van der Waals surface area contributed by atoms with Gasteiger partial charge in [0.25, 0.3) is 0 Å². The van der Waals surface area contributed by atoms with Crippen LogP contribution in [0, 0.1) is 13.8 Å². The number of aromatic nitrogens is 1. The summed E-state index contributed by atoms with van der Waals surface area (Å²) >= 11 is 1.60. The number of hydrogen-bond donors (Lipinski definition) is 1. The molecule has 1 aliphatic carbocycles. The van der Waals surface area contributed by atoms with Crippen LogP contribution in [0.25, 0.3) is 0 Å². The second kappa shape index (κ2) is 3.14. The van der Waals surface area contributed by atoms with Crippen molar-refractivity contribution in [2.24, 2.45) is 5.73 Å². The molecule has 1 heterocycles. The van der Waals surface area contributed by atoms with Crippen molar-refractivity contribution >= 4 is 17.1 Å². The van der Waals surface area contributed by atoms with Gasteiger partial charge in [-0.3, -0.25) is 4.79 Å². The van der Waals surface area contributed by atoms with Crippen molar-refractivity contribution in [2.75, 3.05) is 0 Å². The van der Waals surface area contributed by atoms with E-state index >= 15 is 0 Å². The number of thiazole rings is 1. The molecule has 4 heteroatoms. The second-order valence-electron chi connectivity index (χ2n) is 4.01. The largest absolute Gasteiger partial charge is 0.319 e. The van der Waals surface area contributed by atoms with Gasteiger partial charge in [0.1, 0.15) is 5.01 Å². The summed E-state index contributed by atoms with van der Waals surface area (Å²) in [5.41, 5.74) is 6.33. The molecule has 14 heavy (non-hydrogen) atoms. The lowest BCUT2D eigenvalue weighted by atomic mass is 10.1. The van der Waals surface area contributed by atoms with Crippen LogP contribution in [-0.4, -0.2) is 16.3 Å². The molecule has 0 radical (unpaired) electrons. The molecule has 2 rings (SSSR count). The summed E-state index contributed by atoms with van der Waals surface area (Å²) in [6, 6.07) is 0. The maximum Gasteiger partial charge on any atom is 0.159 e. The molecule has 0 atom stereocenters. The molecule has 0 spiro atoms. The van der Waals surface area contributed by atoms with Crippen molar-refractivity contribution in [2.45, 2.75) is 38.6 Å². The third-order valence-corrected chi connectivity index (χ3v) is 3.80. The Balaban J connectivity index is 2.07. The Morgan fingerprint density at radius 1 is 1.57 bits per heavy atom. The molecular weight excluding hydrogens is 196 g/mol. The van der Waals surface area contributed by atoms with Crippen molar-refractivity contribution < 1.29 is 4.79 Å². The minimum Gasteiger partial charge on any atom is -0.319 e. The lowest BCUT2D eigenvalue weighted by molar-refractivity contribution is -0.120. The fourth-order valence-corrected chi connectivity index (χ4v) is 2.27. The van der Waals surface area contributed by atoms with Gasteiger partial charge in [0.2, 0.25) is 0 Å². The SMILES string of the molecule is Cc1nc(CC(=O)C2(N)CC2)sc1C. The van der Waals surface area contributed by atoms with E-state index in [2.05, 4.69) is 4.98 Å². The molecule has 0 amide bonds. The summed E-state index contributed by atoms with van der Waals surface area (Å²) in [7, 11) is 0. The van der Waals surface area contributed by atoms with E-state index in [4.69, 9.17) is 5.73 Å². The number of Topliss-reactive ketones (excluding diaryl/α,β-unsaturated/α-hetero) is 1. The topological polar surface area (TPSA) is 56.0 Å². The first kappa shape index (κ1) is 9.80. The van der Waals surface area contributed by atoms with Gasteiger partial charge < -0.3 is 5.73 Å². The highest BCUT2D eigenvalue weighted by Crippen LogP contribution is 2.34. The number of carbonyl (C=O) groups is 1. The highest BCUT2D eigenvalue weighted by atomic mass is 32.1. The smallest absolute Gasteiger partial charge is 0.159 e. The summed E-state index contributed by atoms with van der Waals surface area (Å²) in [5, 5.41) is 0.904. The number of rotatable bonds is 3. The van der Waals surface area contributed by atoms with E-state index in [0.29, 0.717) is 6.42 Å². The Morgan fingerprint density at radius 2 is 2.21 bits per heavy atom. The van der Waals surface area contributed by atoms with Crippen LogP contribution < -0.4 is 5.73 Å². The van der Waals surface area contributed by atoms with Crippen molar-refractivity contribution in [3.63, 3.8) is 0 Å². The van der Waals surface area contributed by atoms with E-state index in [1.54, 1.807) is 11.3 Å². The summed E-state index contributed by atoms with van der Waals surface area (Å²) in [4.78, 5) is 17.2. The molecule has 1 aromatic rings. The number of ketones is 1. The zero-order chi connectivity index (χ0) is 10.3.